The van der Waals surface area contributed by atoms with Gasteiger partial charge in [-0.3, -0.25) is 0 Å². The van der Waals surface area contributed by atoms with Crippen LogP contribution in [-0.2, 0) is 0 Å². The summed E-state index contributed by atoms with van der Waals surface area (Å²) < 4.78 is 0. The molecule has 100 valence electrons. The molecule has 3 heteroatoms. The number of hydrogen-bond acceptors (Lipinski definition) is 3. The Morgan fingerprint density at radius 1 is 1.35 bits per heavy atom. The van der Waals surface area contributed by atoms with Gasteiger partial charge in [0.2, 0.25) is 0 Å². The molecule has 2 unspecified atom stereocenters. The predicted octanol–water partition coefficient (Wildman–Crippen LogP) is 1.94. The van der Waals surface area contributed by atoms with E-state index in [1.165, 1.54) is 18.4 Å². The Labute approximate surface area is 105 Å². The van der Waals surface area contributed by atoms with Crippen LogP contribution in [0.25, 0.3) is 0 Å². The highest BCUT2D eigenvalue weighted by molar-refractivity contribution is 4.95. The highest BCUT2D eigenvalue weighted by Gasteiger charge is 2.31. The van der Waals surface area contributed by atoms with Crippen LogP contribution in [0.4, 0.5) is 0 Å². The van der Waals surface area contributed by atoms with Gasteiger partial charge in [-0.2, -0.15) is 0 Å². The lowest BCUT2D eigenvalue weighted by molar-refractivity contribution is -0.0763. The third-order valence-corrected chi connectivity index (χ3v) is 3.55. The molecule has 0 aliphatic carbocycles. The average molecular weight is 241 g/mol. The second-order valence-electron chi connectivity index (χ2n) is 5.70. The van der Waals surface area contributed by atoms with Gasteiger partial charge in [-0.05, 0) is 59.5 Å². The highest BCUT2D eigenvalue weighted by atomic mass is 16.3. The van der Waals surface area contributed by atoms with Gasteiger partial charge in [0.05, 0.1) is 11.7 Å². The van der Waals surface area contributed by atoms with Crippen LogP contribution in [0.5, 0.6) is 0 Å². The van der Waals surface area contributed by atoms with E-state index in [-0.39, 0.29) is 0 Å². The van der Waals surface area contributed by atoms with Crippen LogP contribution in [0.1, 0.15) is 46.5 Å². The van der Waals surface area contributed by atoms with E-state index >= 15 is 0 Å². The summed E-state index contributed by atoms with van der Waals surface area (Å²) >= 11 is 0. The third kappa shape index (κ3) is 5.19. The van der Waals surface area contributed by atoms with Crippen molar-refractivity contribution in [3.63, 3.8) is 0 Å². The SMILES string of the molecule is CC(C)=CCCC(C)(O)C(O)CN1CCCC1. The molecule has 17 heavy (non-hydrogen) atoms. The molecular weight excluding hydrogens is 214 g/mol. The smallest absolute Gasteiger partial charge is 0.0950 e. The average Bonchev–Trinajstić information content (AvgIpc) is 2.69. The first kappa shape index (κ1) is 14.7. The normalized spacial score (nSPS) is 22.2. The zero-order valence-electron chi connectivity index (χ0n) is 11.4. The summed E-state index contributed by atoms with van der Waals surface area (Å²) in [6.07, 6.45) is 5.33. The van der Waals surface area contributed by atoms with E-state index in [0.717, 1.165) is 19.5 Å². The monoisotopic (exact) mass is 241 g/mol. The van der Waals surface area contributed by atoms with Gasteiger partial charge in [0.1, 0.15) is 0 Å². The van der Waals surface area contributed by atoms with Crippen molar-refractivity contribution in [3.05, 3.63) is 11.6 Å². The maximum Gasteiger partial charge on any atom is 0.0950 e. The molecule has 0 aromatic carbocycles. The summed E-state index contributed by atoms with van der Waals surface area (Å²) in [5.41, 5.74) is 0.281. The molecule has 1 rings (SSSR count). The predicted molar refractivity (Wildman–Crippen MR) is 71.0 cm³/mol. The van der Waals surface area contributed by atoms with Crippen molar-refractivity contribution in [1.82, 2.24) is 4.90 Å². The van der Waals surface area contributed by atoms with Crippen LogP contribution in [0.2, 0.25) is 0 Å². The van der Waals surface area contributed by atoms with Gasteiger partial charge in [0.25, 0.3) is 0 Å². The summed E-state index contributed by atoms with van der Waals surface area (Å²) in [6.45, 7) is 8.56. The second-order valence-corrected chi connectivity index (χ2v) is 5.70. The molecule has 1 aliphatic rings. The van der Waals surface area contributed by atoms with E-state index < -0.39 is 11.7 Å². The molecule has 0 aromatic rings. The van der Waals surface area contributed by atoms with Crippen molar-refractivity contribution in [2.75, 3.05) is 19.6 Å². The fourth-order valence-corrected chi connectivity index (χ4v) is 2.23. The summed E-state index contributed by atoms with van der Waals surface area (Å²) in [6, 6.07) is 0. The summed E-state index contributed by atoms with van der Waals surface area (Å²) in [4.78, 5) is 2.24. The lowest BCUT2D eigenvalue weighted by atomic mass is 9.92. The first-order valence-corrected chi connectivity index (χ1v) is 6.68. The van der Waals surface area contributed by atoms with Crippen molar-refractivity contribution in [1.29, 1.82) is 0 Å². The zero-order valence-corrected chi connectivity index (χ0v) is 11.4. The number of rotatable bonds is 6. The molecule has 1 aliphatic heterocycles. The number of β-amino-alcohol motifs (C(OH)–C–C–N with tert-alkyl or cyclic N) is 1. The number of aliphatic hydroxyl groups is 2. The fourth-order valence-electron chi connectivity index (χ4n) is 2.23. The number of nitrogens with zero attached hydrogens (tertiary/aromatic N) is 1. The highest BCUT2D eigenvalue weighted by Crippen LogP contribution is 2.20. The zero-order chi connectivity index (χ0) is 12.9. The largest absolute Gasteiger partial charge is 0.389 e. The van der Waals surface area contributed by atoms with Crippen molar-refractivity contribution in [2.24, 2.45) is 0 Å². The van der Waals surface area contributed by atoms with Crippen LogP contribution in [0, 0.1) is 0 Å². The quantitative estimate of drug-likeness (QED) is 0.699. The Bertz CT molecular complexity index is 251. The van der Waals surface area contributed by atoms with Crippen LogP contribution in [0.15, 0.2) is 11.6 Å². The van der Waals surface area contributed by atoms with Crippen molar-refractivity contribution >= 4 is 0 Å². The lowest BCUT2D eigenvalue weighted by Gasteiger charge is -2.31. The van der Waals surface area contributed by atoms with Gasteiger partial charge in [0, 0.05) is 6.54 Å². The molecule has 0 radical (unpaired) electrons. The fraction of sp³-hybridized carbons (Fsp3) is 0.857. The van der Waals surface area contributed by atoms with Crippen molar-refractivity contribution in [3.8, 4) is 0 Å². The Balaban J connectivity index is 2.36. The number of likely N-dealkylation sites (tertiary alicyclic amines) is 1. The van der Waals surface area contributed by atoms with E-state index in [1.54, 1.807) is 6.92 Å². The first-order chi connectivity index (χ1) is 7.92. The van der Waals surface area contributed by atoms with E-state index in [1.807, 2.05) is 0 Å². The molecule has 2 N–H and O–H groups in total. The van der Waals surface area contributed by atoms with Crippen LogP contribution in [0.3, 0.4) is 0 Å². The lowest BCUT2D eigenvalue weighted by Crippen LogP contribution is -2.46. The second kappa shape index (κ2) is 6.53. The van der Waals surface area contributed by atoms with Crippen LogP contribution < -0.4 is 0 Å². The number of allylic oxidation sites excluding steroid dienone is 2. The molecule has 1 heterocycles. The van der Waals surface area contributed by atoms with E-state index in [4.69, 9.17) is 0 Å². The minimum atomic E-state index is -0.978. The van der Waals surface area contributed by atoms with E-state index in [9.17, 15) is 10.2 Å². The molecular formula is C14H27NO2. The van der Waals surface area contributed by atoms with Gasteiger partial charge in [-0.15, -0.1) is 0 Å². The molecule has 0 amide bonds. The first-order valence-electron chi connectivity index (χ1n) is 6.68. The standard InChI is InChI=1S/C14H27NO2/c1-12(2)7-6-8-14(3,17)13(16)11-15-9-4-5-10-15/h7,13,16-17H,4-6,8-11H2,1-3H3. The van der Waals surface area contributed by atoms with Crippen LogP contribution >= 0.6 is 0 Å². The van der Waals surface area contributed by atoms with E-state index in [2.05, 4.69) is 24.8 Å². The van der Waals surface area contributed by atoms with Gasteiger partial charge in [-0.1, -0.05) is 11.6 Å². The van der Waals surface area contributed by atoms with Gasteiger partial charge >= 0.3 is 0 Å². The molecule has 1 saturated heterocycles. The molecule has 0 spiro atoms. The van der Waals surface area contributed by atoms with Gasteiger partial charge in [-0.25, -0.2) is 0 Å². The Morgan fingerprint density at radius 2 is 1.94 bits per heavy atom. The van der Waals surface area contributed by atoms with Crippen molar-refractivity contribution < 1.29 is 10.2 Å². The maximum atomic E-state index is 10.3. The summed E-state index contributed by atoms with van der Waals surface area (Å²) in [5, 5.41) is 20.3. The van der Waals surface area contributed by atoms with Gasteiger partial charge in [0.15, 0.2) is 0 Å². The Kier molecular flexibility index (Phi) is 5.63. The van der Waals surface area contributed by atoms with Crippen molar-refractivity contribution in [2.45, 2.75) is 58.2 Å². The summed E-state index contributed by atoms with van der Waals surface area (Å²) in [7, 11) is 0. The number of hydrogen-bond donors (Lipinski definition) is 2. The number of aliphatic hydroxyl groups excluding tert-OH is 1. The molecule has 0 bridgehead atoms. The van der Waals surface area contributed by atoms with Crippen LogP contribution in [-0.4, -0.2) is 46.5 Å². The maximum absolute atomic E-state index is 10.3. The Morgan fingerprint density at radius 3 is 2.47 bits per heavy atom. The van der Waals surface area contributed by atoms with Gasteiger partial charge < -0.3 is 15.1 Å². The summed E-state index contributed by atoms with van der Waals surface area (Å²) in [5.74, 6) is 0. The molecule has 1 fully saturated rings. The van der Waals surface area contributed by atoms with E-state index in [0.29, 0.717) is 13.0 Å². The third-order valence-electron chi connectivity index (χ3n) is 3.55. The molecule has 3 nitrogen and oxygen atoms in total. The minimum Gasteiger partial charge on any atom is -0.389 e. The topological polar surface area (TPSA) is 43.7 Å². The molecule has 0 aromatic heterocycles. The molecule has 2 atom stereocenters. The Hall–Kier alpha value is -0.380. The minimum absolute atomic E-state index is 0.599. The molecule has 0 saturated carbocycles.